The number of H-pyrrole nitrogens is 1. The molecule has 132 valence electrons. The smallest absolute Gasteiger partial charge is 0.224 e. The van der Waals surface area contributed by atoms with Gasteiger partial charge in [0, 0.05) is 18.5 Å². The lowest BCUT2D eigenvalue weighted by Crippen LogP contribution is -2.20. The quantitative estimate of drug-likeness (QED) is 0.739. The Labute approximate surface area is 150 Å². The number of ether oxygens (including phenoxy) is 1. The molecule has 0 aliphatic carbocycles. The van der Waals surface area contributed by atoms with Crippen LogP contribution in [0.25, 0.3) is 0 Å². The minimum absolute atomic E-state index is 0.0117. The summed E-state index contributed by atoms with van der Waals surface area (Å²) in [5.74, 6) is 1.73. The first-order valence-corrected chi connectivity index (χ1v) is 8.61. The molecule has 3 aromatic rings. The number of tetrazole rings is 1. The van der Waals surface area contributed by atoms with Gasteiger partial charge in [-0.1, -0.05) is 35.5 Å². The van der Waals surface area contributed by atoms with Crippen molar-refractivity contribution < 1.29 is 9.53 Å². The van der Waals surface area contributed by atoms with Crippen molar-refractivity contribution >= 4 is 11.6 Å². The van der Waals surface area contributed by atoms with Crippen LogP contribution in [0, 0.1) is 0 Å². The van der Waals surface area contributed by atoms with Crippen LogP contribution in [0.3, 0.4) is 0 Å². The zero-order chi connectivity index (χ0) is 17.8. The molecule has 0 saturated heterocycles. The number of para-hydroxylation sites is 1. The number of hydrogen-bond acceptors (Lipinski definition) is 5. The van der Waals surface area contributed by atoms with E-state index >= 15 is 0 Å². The van der Waals surface area contributed by atoms with Crippen molar-refractivity contribution in [3.63, 3.8) is 0 Å². The van der Waals surface area contributed by atoms with E-state index in [1.807, 2.05) is 48.5 Å². The standard InChI is InChI=1S/C19H19N5O2/c25-19(12-14-9-10-26-17-4-2-1-3-16(14)17)20-15-7-5-13(6-8-15)11-18-21-23-24-22-18/h1-8,14H,9-12H2,(H,20,25)(H,21,22,23,24). The number of aromatic nitrogens is 4. The molecule has 1 unspecified atom stereocenters. The Morgan fingerprint density at radius 2 is 2.04 bits per heavy atom. The monoisotopic (exact) mass is 349 g/mol. The average Bonchev–Trinajstić information content (AvgIpc) is 3.17. The van der Waals surface area contributed by atoms with Crippen molar-refractivity contribution in [2.75, 3.05) is 11.9 Å². The van der Waals surface area contributed by atoms with Crippen LogP contribution in [0.4, 0.5) is 5.69 Å². The maximum absolute atomic E-state index is 12.4. The van der Waals surface area contributed by atoms with E-state index in [-0.39, 0.29) is 11.8 Å². The predicted molar refractivity (Wildman–Crippen MR) is 96.0 cm³/mol. The normalized spacial score (nSPS) is 15.8. The molecule has 0 spiro atoms. The third-order valence-corrected chi connectivity index (χ3v) is 4.50. The summed E-state index contributed by atoms with van der Waals surface area (Å²) < 4.78 is 5.66. The first kappa shape index (κ1) is 16.3. The highest BCUT2D eigenvalue weighted by molar-refractivity contribution is 5.91. The number of fused-ring (bicyclic) bond motifs is 1. The molecule has 7 heteroatoms. The van der Waals surface area contributed by atoms with Crippen LogP contribution < -0.4 is 10.1 Å². The summed E-state index contributed by atoms with van der Waals surface area (Å²) in [6.45, 7) is 0.653. The van der Waals surface area contributed by atoms with E-state index in [1.165, 1.54) is 0 Å². The second kappa shape index (κ2) is 7.35. The molecule has 1 aromatic heterocycles. The molecule has 2 aromatic carbocycles. The maximum Gasteiger partial charge on any atom is 0.224 e. The van der Waals surface area contributed by atoms with Crippen LogP contribution in [-0.4, -0.2) is 33.1 Å². The summed E-state index contributed by atoms with van der Waals surface area (Å²) in [6.07, 6.45) is 1.91. The number of carbonyl (C=O) groups is 1. The van der Waals surface area contributed by atoms with Crippen molar-refractivity contribution in [2.24, 2.45) is 0 Å². The van der Waals surface area contributed by atoms with Crippen molar-refractivity contribution in [3.8, 4) is 5.75 Å². The summed E-state index contributed by atoms with van der Waals surface area (Å²) >= 11 is 0. The van der Waals surface area contributed by atoms with E-state index in [0.29, 0.717) is 25.3 Å². The molecule has 0 radical (unpaired) electrons. The number of benzene rings is 2. The van der Waals surface area contributed by atoms with Crippen LogP contribution in [-0.2, 0) is 11.2 Å². The Hall–Kier alpha value is -3.22. The topological polar surface area (TPSA) is 92.8 Å². The van der Waals surface area contributed by atoms with E-state index in [2.05, 4.69) is 25.9 Å². The second-order valence-corrected chi connectivity index (χ2v) is 6.33. The van der Waals surface area contributed by atoms with E-state index in [0.717, 1.165) is 29.0 Å². The van der Waals surface area contributed by atoms with Gasteiger partial charge in [0.2, 0.25) is 5.91 Å². The van der Waals surface area contributed by atoms with Crippen LogP contribution in [0.5, 0.6) is 5.75 Å². The number of amides is 1. The Kier molecular flexibility index (Phi) is 4.59. The molecular weight excluding hydrogens is 330 g/mol. The number of carbonyl (C=O) groups excluding carboxylic acids is 1. The number of nitrogens with one attached hydrogen (secondary N) is 2. The second-order valence-electron chi connectivity index (χ2n) is 6.33. The number of aromatic amines is 1. The van der Waals surface area contributed by atoms with Gasteiger partial charge in [-0.2, -0.15) is 5.21 Å². The minimum Gasteiger partial charge on any atom is -0.493 e. The van der Waals surface area contributed by atoms with Crippen LogP contribution in [0.1, 0.15) is 35.7 Å². The molecule has 1 aliphatic rings. The molecular formula is C19H19N5O2. The number of rotatable bonds is 5. The van der Waals surface area contributed by atoms with Gasteiger partial charge in [-0.25, -0.2) is 0 Å². The van der Waals surface area contributed by atoms with E-state index < -0.39 is 0 Å². The summed E-state index contributed by atoms with van der Waals surface area (Å²) in [5, 5.41) is 16.8. The fourth-order valence-corrected chi connectivity index (χ4v) is 3.21. The summed E-state index contributed by atoms with van der Waals surface area (Å²) in [6, 6.07) is 15.6. The summed E-state index contributed by atoms with van der Waals surface area (Å²) in [5.41, 5.74) is 2.96. The Bertz CT molecular complexity index is 877. The highest BCUT2D eigenvalue weighted by Crippen LogP contribution is 2.35. The molecule has 26 heavy (non-hydrogen) atoms. The SMILES string of the molecule is O=C(CC1CCOc2ccccc21)Nc1ccc(Cc2nn[nH]n2)cc1. The molecule has 0 saturated carbocycles. The molecule has 2 N–H and O–H groups in total. The van der Waals surface area contributed by atoms with E-state index in [9.17, 15) is 4.79 Å². The highest BCUT2D eigenvalue weighted by atomic mass is 16.5. The van der Waals surface area contributed by atoms with Crippen molar-refractivity contribution in [2.45, 2.75) is 25.2 Å². The van der Waals surface area contributed by atoms with Gasteiger partial charge in [0.05, 0.1) is 6.61 Å². The van der Waals surface area contributed by atoms with Crippen molar-refractivity contribution in [1.29, 1.82) is 0 Å². The van der Waals surface area contributed by atoms with Gasteiger partial charge >= 0.3 is 0 Å². The van der Waals surface area contributed by atoms with Gasteiger partial charge < -0.3 is 10.1 Å². The molecule has 4 rings (SSSR count). The van der Waals surface area contributed by atoms with Crippen LogP contribution in [0.15, 0.2) is 48.5 Å². The molecule has 0 bridgehead atoms. The third kappa shape index (κ3) is 3.72. The molecule has 2 heterocycles. The molecule has 7 nitrogen and oxygen atoms in total. The fraction of sp³-hybridized carbons (Fsp3) is 0.263. The van der Waals surface area contributed by atoms with Crippen molar-refractivity contribution in [3.05, 3.63) is 65.5 Å². The van der Waals surface area contributed by atoms with E-state index in [1.54, 1.807) is 0 Å². The van der Waals surface area contributed by atoms with Crippen LogP contribution >= 0.6 is 0 Å². The van der Waals surface area contributed by atoms with E-state index in [4.69, 9.17) is 4.74 Å². The predicted octanol–water partition coefficient (Wildman–Crippen LogP) is 2.69. The fourth-order valence-electron chi connectivity index (χ4n) is 3.21. The van der Waals surface area contributed by atoms with Gasteiger partial charge in [-0.15, -0.1) is 10.2 Å². The Balaban J connectivity index is 1.36. The average molecular weight is 349 g/mol. The minimum atomic E-state index is 0.0117. The zero-order valence-electron chi connectivity index (χ0n) is 14.2. The van der Waals surface area contributed by atoms with Gasteiger partial charge in [-0.05, 0) is 41.7 Å². The molecule has 1 aliphatic heterocycles. The molecule has 0 fully saturated rings. The Morgan fingerprint density at radius 3 is 2.85 bits per heavy atom. The third-order valence-electron chi connectivity index (χ3n) is 4.50. The van der Waals surface area contributed by atoms with Gasteiger partial charge in [0.25, 0.3) is 0 Å². The number of nitrogens with zero attached hydrogens (tertiary/aromatic N) is 3. The molecule has 1 amide bonds. The van der Waals surface area contributed by atoms with Gasteiger partial charge in [-0.3, -0.25) is 4.79 Å². The zero-order valence-corrected chi connectivity index (χ0v) is 14.2. The first-order valence-electron chi connectivity index (χ1n) is 8.61. The lowest BCUT2D eigenvalue weighted by molar-refractivity contribution is -0.116. The first-order chi connectivity index (χ1) is 12.8. The molecule has 1 atom stereocenters. The van der Waals surface area contributed by atoms with Gasteiger partial charge in [0.1, 0.15) is 5.75 Å². The summed E-state index contributed by atoms with van der Waals surface area (Å²) in [7, 11) is 0. The van der Waals surface area contributed by atoms with Crippen LogP contribution in [0.2, 0.25) is 0 Å². The highest BCUT2D eigenvalue weighted by Gasteiger charge is 2.23. The number of anilines is 1. The maximum atomic E-state index is 12.4. The Morgan fingerprint density at radius 1 is 1.19 bits per heavy atom. The largest absolute Gasteiger partial charge is 0.493 e. The lowest BCUT2D eigenvalue weighted by atomic mass is 9.90. The lowest BCUT2D eigenvalue weighted by Gasteiger charge is -2.25. The van der Waals surface area contributed by atoms with Crippen molar-refractivity contribution in [1.82, 2.24) is 20.6 Å². The number of hydrogen-bond donors (Lipinski definition) is 2. The van der Waals surface area contributed by atoms with Gasteiger partial charge in [0.15, 0.2) is 5.82 Å². The summed E-state index contributed by atoms with van der Waals surface area (Å²) in [4.78, 5) is 12.4.